The number of rotatable bonds is 1. The van der Waals surface area contributed by atoms with Crippen molar-refractivity contribution in [3.63, 3.8) is 0 Å². The smallest absolute Gasteiger partial charge is 0.254 e. The first-order chi connectivity index (χ1) is 11.3. The quantitative estimate of drug-likeness (QED) is 0.873. The third-order valence-corrected chi connectivity index (χ3v) is 5.49. The van der Waals surface area contributed by atoms with Gasteiger partial charge in [0.25, 0.3) is 5.91 Å². The molecule has 1 heterocycles. The van der Waals surface area contributed by atoms with Crippen molar-refractivity contribution >= 4 is 16.7 Å². The van der Waals surface area contributed by atoms with E-state index in [1.807, 2.05) is 24.3 Å². The summed E-state index contributed by atoms with van der Waals surface area (Å²) in [5.41, 5.74) is 1.01. The first-order valence-electron chi connectivity index (χ1n) is 8.80. The molecule has 3 heteroatoms. The number of nitrogens with one attached hydrogen (secondary N) is 1. The monoisotopic (exact) mass is 308 g/mol. The highest BCUT2D eigenvalue weighted by atomic mass is 16.2. The van der Waals surface area contributed by atoms with Crippen LogP contribution in [0.5, 0.6) is 0 Å². The summed E-state index contributed by atoms with van der Waals surface area (Å²) in [6, 6.07) is 14.2. The molecule has 23 heavy (non-hydrogen) atoms. The van der Waals surface area contributed by atoms with E-state index >= 15 is 0 Å². The molecule has 1 amide bonds. The van der Waals surface area contributed by atoms with E-state index in [2.05, 4.69) is 28.4 Å². The maximum absolute atomic E-state index is 13.1. The average Bonchev–Trinajstić information content (AvgIpc) is 2.61. The second-order valence-electron chi connectivity index (χ2n) is 7.02. The lowest BCUT2D eigenvalue weighted by molar-refractivity contribution is 0.0560. The summed E-state index contributed by atoms with van der Waals surface area (Å²) in [6.07, 6.45) is 6.30. The highest BCUT2D eigenvalue weighted by molar-refractivity contribution is 6.07. The van der Waals surface area contributed by atoms with Gasteiger partial charge in [0.2, 0.25) is 0 Å². The zero-order chi connectivity index (χ0) is 15.7. The second-order valence-corrected chi connectivity index (χ2v) is 7.02. The van der Waals surface area contributed by atoms with Crippen molar-refractivity contribution in [1.29, 1.82) is 0 Å². The van der Waals surface area contributed by atoms with Crippen LogP contribution in [-0.4, -0.2) is 36.0 Å². The summed E-state index contributed by atoms with van der Waals surface area (Å²) in [5, 5.41) is 5.92. The molecular formula is C20H24N2O. The first kappa shape index (κ1) is 14.7. The number of carbonyl (C=O) groups is 1. The molecule has 0 bridgehead atoms. The normalized spacial score (nSPS) is 20.8. The molecule has 0 radical (unpaired) electrons. The van der Waals surface area contributed by atoms with Crippen molar-refractivity contribution in [3.8, 4) is 0 Å². The Bertz CT molecular complexity index is 708. The van der Waals surface area contributed by atoms with Gasteiger partial charge < -0.3 is 10.2 Å². The van der Waals surface area contributed by atoms with Crippen LogP contribution in [-0.2, 0) is 0 Å². The van der Waals surface area contributed by atoms with E-state index in [9.17, 15) is 4.79 Å². The minimum atomic E-state index is 0.163. The van der Waals surface area contributed by atoms with Gasteiger partial charge in [-0.1, -0.05) is 55.7 Å². The summed E-state index contributed by atoms with van der Waals surface area (Å²) in [6.45, 7) is 2.58. The van der Waals surface area contributed by atoms with E-state index in [4.69, 9.17) is 0 Å². The van der Waals surface area contributed by atoms with Crippen LogP contribution >= 0.6 is 0 Å². The summed E-state index contributed by atoms with van der Waals surface area (Å²) < 4.78 is 0. The lowest BCUT2D eigenvalue weighted by atomic mass is 9.80. The molecule has 0 aromatic heterocycles. The van der Waals surface area contributed by atoms with E-state index in [1.165, 1.54) is 32.1 Å². The third-order valence-electron chi connectivity index (χ3n) is 5.49. The SMILES string of the molecule is O=C(c1cccc2ccccc12)N1CCNC2(CCCCC2)C1. The van der Waals surface area contributed by atoms with E-state index < -0.39 is 0 Å². The Morgan fingerprint density at radius 3 is 2.65 bits per heavy atom. The van der Waals surface area contributed by atoms with Gasteiger partial charge in [0.1, 0.15) is 0 Å². The molecule has 0 atom stereocenters. The van der Waals surface area contributed by atoms with Crippen LogP contribution in [0.2, 0.25) is 0 Å². The molecule has 3 nitrogen and oxygen atoms in total. The molecule has 2 aromatic carbocycles. The third kappa shape index (κ3) is 2.74. The molecule has 1 N–H and O–H groups in total. The molecular weight excluding hydrogens is 284 g/mol. The van der Waals surface area contributed by atoms with Gasteiger partial charge in [-0.2, -0.15) is 0 Å². The maximum atomic E-state index is 13.1. The zero-order valence-electron chi connectivity index (χ0n) is 13.6. The molecule has 1 saturated heterocycles. The van der Waals surface area contributed by atoms with Crippen LogP contribution in [0.3, 0.4) is 0 Å². The molecule has 4 rings (SSSR count). The number of hydrogen-bond acceptors (Lipinski definition) is 2. The van der Waals surface area contributed by atoms with Crippen molar-refractivity contribution in [2.75, 3.05) is 19.6 Å². The van der Waals surface area contributed by atoms with Crippen LogP contribution in [0.4, 0.5) is 0 Å². The van der Waals surface area contributed by atoms with Gasteiger partial charge >= 0.3 is 0 Å². The van der Waals surface area contributed by atoms with Gasteiger partial charge in [-0.25, -0.2) is 0 Å². The fourth-order valence-corrected chi connectivity index (χ4v) is 4.28. The first-order valence-corrected chi connectivity index (χ1v) is 8.80. The van der Waals surface area contributed by atoms with Gasteiger partial charge in [0.15, 0.2) is 0 Å². The van der Waals surface area contributed by atoms with Gasteiger partial charge in [-0.05, 0) is 29.7 Å². The predicted molar refractivity (Wildman–Crippen MR) is 93.7 cm³/mol. The van der Waals surface area contributed by atoms with Crippen molar-refractivity contribution in [3.05, 3.63) is 48.0 Å². The number of benzene rings is 2. The molecule has 1 spiro atoms. The Labute approximate surface area is 137 Å². The molecule has 2 fully saturated rings. The average molecular weight is 308 g/mol. The lowest BCUT2D eigenvalue weighted by Gasteiger charge is -2.46. The van der Waals surface area contributed by atoms with Crippen molar-refractivity contribution in [1.82, 2.24) is 10.2 Å². The summed E-state index contributed by atoms with van der Waals surface area (Å²) >= 11 is 0. The number of piperazine rings is 1. The van der Waals surface area contributed by atoms with Gasteiger partial charge in [0, 0.05) is 30.7 Å². The fourth-order valence-electron chi connectivity index (χ4n) is 4.28. The number of nitrogens with zero attached hydrogens (tertiary/aromatic N) is 1. The Morgan fingerprint density at radius 2 is 1.78 bits per heavy atom. The standard InChI is InChI=1S/C20H24N2O/c23-19(18-10-6-8-16-7-2-3-9-17(16)18)22-14-13-21-20(15-22)11-4-1-5-12-20/h2-3,6-10,21H,1,4-5,11-15H2. The number of amides is 1. The number of hydrogen-bond donors (Lipinski definition) is 1. The summed E-state index contributed by atoms with van der Waals surface area (Å²) in [5.74, 6) is 0.188. The predicted octanol–water partition coefficient (Wildman–Crippen LogP) is 3.59. The van der Waals surface area contributed by atoms with Gasteiger partial charge in [-0.3, -0.25) is 4.79 Å². The van der Waals surface area contributed by atoms with Crippen LogP contribution < -0.4 is 5.32 Å². The molecule has 120 valence electrons. The van der Waals surface area contributed by atoms with E-state index in [0.29, 0.717) is 0 Å². The fraction of sp³-hybridized carbons (Fsp3) is 0.450. The Morgan fingerprint density at radius 1 is 1.00 bits per heavy atom. The number of carbonyl (C=O) groups excluding carboxylic acids is 1. The topological polar surface area (TPSA) is 32.3 Å². The minimum Gasteiger partial charge on any atom is -0.336 e. The van der Waals surface area contributed by atoms with Crippen LogP contribution in [0.1, 0.15) is 42.5 Å². The lowest BCUT2D eigenvalue weighted by Crippen LogP contribution is -2.62. The van der Waals surface area contributed by atoms with Crippen LogP contribution in [0.15, 0.2) is 42.5 Å². The van der Waals surface area contributed by atoms with E-state index in [1.54, 1.807) is 0 Å². The number of fused-ring (bicyclic) bond motifs is 1. The van der Waals surface area contributed by atoms with Crippen LogP contribution in [0, 0.1) is 0 Å². The van der Waals surface area contributed by atoms with Crippen molar-refractivity contribution in [2.24, 2.45) is 0 Å². The highest BCUT2D eigenvalue weighted by Gasteiger charge is 2.37. The van der Waals surface area contributed by atoms with Crippen molar-refractivity contribution < 1.29 is 4.79 Å². The molecule has 1 aliphatic heterocycles. The summed E-state index contributed by atoms with van der Waals surface area (Å²) in [4.78, 5) is 15.2. The second kappa shape index (κ2) is 5.97. The minimum absolute atomic E-state index is 0.163. The van der Waals surface area contributed by atoms with Crippen molar-refractivity contribution in [2.45, 2.75) is 37.6 Å². The van der Waals surface area contributed by atoms with Gasteiger partial charge in [-0.15, -0.1) is 0 Å². The molecule has 0 unspecified atom stereocenters. The Kier molecular flexibility index (Phi) is 3.82. The highest BCUT2D eigenvalue weighted by Crippen LogP contribution is 2.31. The van der Waals surface area contributed by atoms with E-state index in [0.717, 1.165) is 36.0 Å². The zero-order valence-corrected chi connectivity index (χ0v) is 13.6. The Balaban J connectivity index is 1.63. The maximum Gasteiger partial charge on any atom is 0.254 e. The molecule has 1 saturated carbocycles. The van der Waals surface area contributed by atoms with Gasteiger partial charge in [0.05, 0.1) is 0 Å². The largest absolute Gasteiger partial charge is 0.336 e. The van der Waals surface area contributed by atoms with Crippen LogP contribution in [0.25, 0.3) is 10.8 Å². The summed E-state index contributed by atoms with van der Waals surface area (Å²) in [7, 11) is 0. The molecule has 2 aromatic rings. The Hall–Kier alpha value is -1.87. The molecule has 2 aliphatic rings. The molecule has 1 aliphatic carbocycles. The van der Waals surface area contributed by atoms with E-state index in [-0.39, 0.29) is 11.4 Å².